The van der Waals surface area contributed by atoms with Gasteiger partial charge in [-0.3, -0.25) is 9.48 Å². The van der Waals surface area contributed by atoms with Crippen LogP contribution < -0.4 is 0 Å². The van der Waals surface area contributed by atoms with Crippen molar-refractivity contribution in [1.29, 1.82) is 0 Å². The second-order valence-electron chi connectivity index (χ2n) is 9.78. The first-order valence-electron chi connectivity index (χ1n) is 12.5. The first kappa shape index (κ1) is 27.2. The number of rotatable bonds is 6. The summed E-state index contributed by atoms with van der Waals surface area (Å²) in [5.41, 5.74) is 0.642. The lowest BCUT2D eigenvalue weighted by Crippen LogP contribution is -2.47. The van der Waals surface area contributed by atoms with Crippen LogP contribution in [0.15, 0.2) is 53.6 Å². The first-order valence-corrected chi connectivity index (χ1v) is 14.0. The number of aryl methyl sites for hydroxylation is 1. The van der Waals surface area contributed by atoms with Gasteiger partial charge >= 0.3 is 0 Å². The Bertz CT molecular complexity index is 1330. The van der Waals surface area contributed by atoms with Crippen molar-refractivity contribution in [2.45, 2.75) is 56.9 Å². The van der Waals surface area contributed by atoms with Crippen molar-refractivity contribution in [2.75, 3.05) is 26.7 Å². The highest BCUT2D eigenvalue weighted by molar-refractivity contribution is 7.89. The van der Waals surface area contributed by atoms with Crippen LogP contribution in [-0.2, 0) is 32.7 Å². The van der Waals surface area contributed by atoms with E-state index in [-0.39, 0.29) is 42.5 Å². The van der Waals surface area contributed by atoms with Crippen LogP contribution in [0.25, 0.3) is 10.8 Å². The van der Waals surface area contributed by atoms with E-state index in [0.29, 0.717) is 31.6 Å². The van der Waals surface area contributed by atoms with E-state index in [1.54, 1.807) is 40.9 Å². The van der Waals surface area contributed by atoms with Gasteiger partial charge in [-0.1, -0.05) is 42.5 Å². The van der Waals surface area contributed by atoms with Crippen LogP contribution in [0.1, 0.15) is 32.4 Å². The van der Waals surface area contributed by atoms with E-state index in [2.05, 4.69) is 10.3 Å². The molecule has 1 aliphatic rings. The second-order valence-corrected chi connectivity index (χ2v) is 11.8. The third-order valence-corrected chi connectivity index (χ3v) is 8.73. The molecule has 0 spiro atoms. The number of carbonyl (C=O) groups excluding carboxylic acids is 1. The number of carbonyl (C=O) groups is 1. The molecule has 0 unspecified atom stereocenters. The average molecular weight is 530 g/mol. The van der Waals surface area contributed by atoms with Crippen LogP contribution in [0.5, 0.6) is 0 Å². The summed E-state index contributed by atoms with van der Waals surface area (Å²) >= 11 is 0. The Kier molecular flexibility index (Phi) is 8.58. The van der Waals surface area contributed by atoms with Crippen LogP contribution in [0.3, 0.4) is 0 Å². The average Bonchev–Trinajstić information content (AvgIpc) is 3.35. The van der Waals surface area contributed by atoms with E-state index in [9.17, 15) is 18.3 Å². The Hall–Kier alpha value is -2.86. The molecule has 4 rings (SSSR count). The first-order chi connectivity index (χ1) is 17.7. The number of sulfonamides is 1. The minimum Gasteiger partial charge on any atom is -0.394 e. The number of ether oxygens (including phenoxy) is 1. The van der Waals surface area contributed by atoms with Crippen molar-refractivity contribution in [3.63, 3.8) is 0 Å². The van der Waals surface area contributed by atoms with Gasteiger partial charge in [-0.2, -0.15) is 4.31 Å². The smallest absolute Gasteiger partial charge is 0.242 e. The second kappa shape index (κ2) is 11.7. The topological polar surface area (TPSA) is 118 Å². The summed E-state index contributed by atoms with van der Waals surface area (Å²) in [6.07, 6.45) is 2.16. The van der Waals surface area contributed by atoms with Gasteiger partial charge in [0.25, 0.3) is 0 Å². The molecule has 0 saturated carbocycles. The third kappa shape index (κ3) is 6.35. The van der Waals surface area contributed by atoms with Gasteiger partial charge < -0.3 is 14.7 Å². The molecule has 3 atom stereocenters. The van der Waals surface area contributed by atoms with Crippen molar-refractivity contribution in [2.24, 2.45) is 5.92 Å². The molecule has 1 N–H and O–H groups in total. The molecule has 2 heterocycles. The minimum absolute atomic E-state index is 0.0659. The van der Waals surface area contributed by atoms with Gasteiger partial charge in [0.2, 0.25) is 15.9 Å². The molecule has 0 radical (unpaired) electrons. The number of aliphatic hydroxyl groups excluding tert-OH is 1. The highest BCUT2D eigenvalue weighted by Gasteiger charge is 2.31. The largest absolute Gasteiger partial charge is 0.394 e. The summed E-state index contributed by atoms with van der Waals surface area (Å²) in [5, 5.41) is 19.8. The van der Waals surface area contributed by atoms with Crippen molar-refractivity contribution < 1.29 is 23.1 Å². The van der Waals surface area contributed by atoms with Gasteiger partial charge in [0.15, 0.2) is 0 Å². The van der Waals surface area contributed by atoms with Crippen molar-refractivity contribution >= 4 is 26.7 Å². The molecule has 10 nitrogen and oxygen atoms in total. The normalized spacial score (nSPS) is 20.9. The van der Waals surface area contributed by atoms with Crippen LogP contribution in [0.4, 0.5) is 0 Å². The molecule has 0 saturated heterocycles. The summed E-state index contributed by atoms with van der Waals surface area (Å²) in [6.45, 7) is 4.71. The van der Waals surface area contributed by atoms with Gasteiger partial charge in [-0.15, -0.1) is 5.10 Å². The number of aromatic nitrogens is 3. The number of hydrogen-bond donors (Lipinski definition) is 1. The maximum atomic E-state index is 13.5. The molecule has 2 bridgehead atoms. The zero-order valence-corrected chi connectivity index (χ0v) is 22.3. The highest BCUT2D eigenvalue weighted by atomic mass is 32.2. The lowest BCUT2D eigenvalue weighted by molar-refractivity contribution is -0.136. The number of amides is 1. The predicted octanol–water partition coefficient (Wildman–Crippen LogP) is 2.28. The van der Waals surface area contributed by atoms with Crippen LogP contribution >= 0.6 is 0 Å². The van der Waals surface area contributed by atoms with Crippen LogP contribution in [0.2, 0.25) is 0 Å². The van der Waals surface area contributed by atoms with Crippen molar-refractivity contribution in [1.82, 2.24) is 24.2 Å². The Morgan fingerprint density at radius 1 is 1.22 bits per heavy atom. The molecule has 3 aromatic rings. The van der Waals surface area contributed by atoms with E-state index in [1.165, 1.54) is 11.4 Å². The minimum atomic E-state index is -3.80. The molecule has 37 heavy (non-hydrogen) atoms. The number of fused-ring (bicyclic) bond motifs is 3. The molecule has 1 amide bonds. The lowest BCUT2D eigenvalue weighted by atomic mass is 10.0. The molecular formula is C26H35N5O5S. The summed E-state index contributed by atoms with van der Waals surface area (Å²) in [7, 11) is -2.26. The molecule has 11 heteroatoms. The Labute approximate surface area is 217 Å². The summed E-state index contributed by atoms with van der Waals surface area (Å²) in [5.74, 6) is -0.285. The summed E-state index contributed by atoms with van der Waals surface area (Å²) in [6, 6.07) is 12.3. The Balaban J connectivity index is 1.59. The Morgan fingerprint density at radius 3 is 2.73 bits per heavy atom. The maximum Gasteiger partial charge on any atom is 0.242 e. The zero-order valence-electron chi connectivity index (χ0n) is 21.5. The van der Waals surface area contributed by atoms with Crippen LogP contribution in [0, 0.1) is 5.92 Å². The van der Waals surface area contributed by atoms with E-state index in [4.69, 9.17) is 4.74 Å². The van der Waals surface area contributed by atoms with Gasteiger partial charge in [0, 0.05) is 39.0 Å². The molecule has 2 aromatic carbocycles. The zero-order chi connectivity index (χ0) is 26.6. The maximum absolute atomic E-state index is 13.5. The number of aliphatic hydroxyl groups is 1. The number of likely N-dealkylation sites (N-methyl/N-ethyl adjacent to an activating group) is 1. The fraction of sp³-hybridized carbons (Fsp3) is 0.500. The standard InChI is InChI=1S/C26H35N5O5S/c1-19-14-31(20(2)17-32)26(33)9-6-12-30-15-23(27-28-30)18-36-25(19)16-29(3)37(34,35)24-11-10-21-7-4-5-8-22(21)13-24/h4-5,7-8,10-11,13,15,19-20,25,32H,6,9,12,14,16-18H2,1-3H3/t19-,20+,25-/m1/s1. The van der Waals surface area contributed by atoms with E-state index in [1.807, 2.05) is 31.2 Å². The summed E-state index contributed by atoms with van der Waals surface area (Å²) < 4.78 is 36.2. The van der Waals surface area contributed by atoms with Crippen molar-refractivity contribution in [3.05, 3.63) is 54.4 Å². The number of nitrogens with zero attached hydrogens (tertiary/aromatic N) is 5. The molecule has 0 aliphatic carbocycles. The number of hydrogen-bond acceptors (Lipinski definition) is 7. The fourth-order valence-electron chi connectivity index (χ4n) is 4.55. The van der Waals surface area contributed by atoms with E-state index >= 15 is 0 Å². The number of benzene rings is 2. The van der Waals surface area contributed by atoms with Crippen molar-refractivity contribution in [3.8, 4) is 0 Å². The fourth-order valence-corrected chi connectivity index (χ4v) is 5.77. The molecule has 1 aliphatic heterocycles. The monoisotopic (exact) mass is 529 g/mol. The lowest BCUT2D eigenvalue weighted by Gasteiger charge is -2.35. The summed E-state index contributed by atoms with van der Waals surface area (Å²) in [4.78, 5) is 14.9. The molecular weight excluding hydrogens is 494 g/mol. The third-order valence-electron chi connectivity index (χ3n) is 6.91. The highest BCUT2D eigenvalue weighted by Crippen LogP contribution is 2.23. The van der Waals surface area contributed by atoms with Gasteiger partial charge in [0.1, 0.15) is 5.69 Å². The molecule has 1 aromatic heterocycles. The van der Waals surface area contributed by atoms with Crippen LogP contribution in [-0.4, -0.2) is 82.5 Å². The van der Waals surface area contributed by atoms with E-state index in [0.717, 1.165) is 10.8 Å². The Morgan fingerprint density at radius 2 is 1.97 bits per heavy atom. The molecule has 200 valence electrons. The molecule has 0 fully saturated rings. The van der Waals surface area contributed by atoms with Gasteiger partial charge in [-0.05, 0) is 36.2 Å². The SMILES string of the molecule is C[C@@H]1CN([C@@H](C)CO)C(=O)CCCn2cc(nn2)CO[C@@H]1CN(C)S(=O)(=O)c1ccc2ccccc2c1. The quantitative estimate of drug-likeness (QED) is 0.521. The van der Waals surface area contributed by atoms with E-state index < -0.39 is 16.1 Å². The predicted molar refractivity (Wildman–Crippen MR) is 139 cm³/mol. The van der Waals surface area contributed by atoms with Gasteiger partial charge in [0.05, 0.1) is 36.5 Å². The van der Waals surface area contributed by atoms with Gasteiger partial charge in [-0.25, -0.2) is 8.42 Å².